The van der Waals surface area contributed by atoms with Gasteiger partial charge in [0.1, 0.15) is 11.2 Å². The standard InChI is InChI=1S/C54H30O/c1-2-10-42-32(5-1)19-28-46-48-30-40(31-11-13-33(14-12-31)41-24-20-38-17-15-34-6-3-8-36-22-26-44(41)51(38)49(34)36)29-47(54(48)55-53(42)46)43-25-21-39-18-16-35-7-4-9-37-23-27-45(43)52(39)50(35)37/h1-30H. The van der Waals surface area contributed by atoms with Crippen molar-refractivity contribution in [2.45, 2.75) is 0 Å². The van der Waals surface area contributed by atoms with Crippen LogP contribution in [0.5, 0.6) is 0 Å². The highest BCUT2D eigenvalue weighted by molar-refractivity contribution is 6.28. The smallest absolute Gasteiger partial charge is 0.143 e. The minimum Gasteiger partial charge on any atom is -0.455 e. The summed E-state index contributed by atoms with van der Waals surface area (Å²) in [5.41, 5.74) is 8.99. The van der Waals surface area contributed by atoms with Gasteiger partial charge in [-0.05, 0) is 116 Å². The number of hydrogen-bond donors (Lipinski definition) is 0. The Bertz CT molecular complexity index is 3660. The zero-order valence-corrected chi connectivity index (χ0v) is 29.7. The average Bonchev–Trinajstić information content (AvgIpc) is 3.64. The summed E-state index contributed by atoms with van der Waals surface area (Å²) < 4.78 is 7.00. The highest BCUT2D eigenvalue weighted by atomic mass is 16.3. The van der Waals surface area contributed by atoms with E-state index in [0.29, 0.717) is 0 Å². The predicted octanol–water partition coefficient (Wildman–Crippen LogP) is 15.5. The fourth-order valence-electron chi connectivity index (χ4n) is 9.77. The second kappa shape index (κ2) is 10.7. The van der Waals surface area contributed by atoms with Crippen LogP contribution in [-0.4, -0.2) is 0 Å². The molecule has 55 heavy (non-hydrogen) atoms. The first-order valence-corrected chi connectivity index (χ1v) is 19.1. The van der Waals surface area contributed by atoms with Crippen LogP contribution in [0.1, 0.15) is 0 Å². The van der Waals surface area contributed by atoms with Gasteiger partial charge < -0.3 is 4.42 Å². The summed E-state index contributed by atoms with van der Waals surface area (Å²) in [6, 6.07) is 67.4. The Balaban J connectivity index is 1.05. The van der Waals surface area contributed by atoms with Crippen molar-refractivity contribution in [3.05, 3.63) is 182 Å². The largest absolute Gasteiger partial charge is 0.455 e. The molecule has 0 bridgehead atoms. The van der Waals surface area contributed by atoms with E-state index >= 15 is 0 Å². The van der Waals surface area contributed by atoms with Crippen molar-refractivity contribution in [1.29, 1.82) is 0 Å². The van der Waals surface area contributed by atoms with E-state index in [2.05, 4.69) is 182 Å². The van der Waals surface area contributed by atoms with Gasteiger partial charge in [0.05, 0.1) is 0 Å². The van der Waals surface area contributed by atoms with Crippen LogP contribution < -0.4 is 0 Å². The Morgan fingerprint density at radius 3 is 1.40 bits per heavy atom. The Kier molecular flexibility index (Phi) is 5.69. The van der Waals surface area contributed by atoms with E-state index in [0.717, 1.165) is 32.9 Å². The van der Waals surface area contributed by atoms with E-state index < -0.39 is 0 Å². The SMILES string of the molecule is c1ccc2c(c1)ccc1c3cc(-c4ccc(-c5ccc6ccc7cccc8ccc5c6c78)cc4)cc(-c4ccc5ccc6cccc7ccc4c5c67)c3oc21. The first-order chi connectivity index (χ1) is 27.2. The molecule has 0 saturated carbocycles. The molecule has 1 aromatic heterocycles. The highest BCUT2D eigenvalue weighted by Crippen LogP contribution is 2.46. The quantitative estimate of drug-likeness (QED) is 0.168. The Morgan fingerprint density at radius 1 is 0.236 bits per heavy atom. The van der Waals surface area contributed by atoms with E-state index in [-0.39, 0.29) is 0 Å². The molecule has 0 atom stereocenters. The van der Waals surface area contributed by atoms with Gasteiger partial charge in [-0.3, -0.25) is 0 Å². The van der Waals surface area contributed by atoms with Crippen LogP contribution in [0.4, 0.5) is 0 Å². The van der Waals surface area contributed by atoms with Crippen molar-refractivity contribution < 1.29 is 4.42 Å². The molecule has 12 aromatic carbocycles. The summed E-state index contributed by atoms with van der Waals surface area (Å²) in [6.45, 7) is 0. The van der Waals surface area contributed by atoms with Crippen molar-refractivity contribution in [3.63, 3.8) is 0 Å². The maximum Gasteiger partial charge on any atom is 0.143 e. The van der Waals surface area contributed by atoms with Crippen molar-refractivity contribution >= 4 is 97.3 Å². The minimum absolute atomic E-state index is 0.926. The molecule has 0 amide bonds. The molecule has 0 aliphatic heterocycles. The second-order valence-electron chi connectivity index (χ2n) is 15.2. The second-order valence-corrected chi connectivity index (χ2v) is 15.2. The van der Waals surface area contributed by atoms with Gasteiger partial charge in [-0.1, -0.05) is 164 Å². The molecule has 0 fully saturated rings. The third kappa shape index (κ3) is 4.02. The molecule has 0 saturated heterocycles. The van der Waals surface area contributed by atoms with E-state index in [9.17, 15) is 0 Å². The van der Waals surface area contributed by atoms with Gasteiger partial charge in [0.15, 0.2) is 0 Å². The first kappa shape index (κ1) is 29.3. The number of fused-ring (bicyclic) bond motifs is 5. The first-order valence-electron chi connectivity index (χ1n) is 19.1. The molecular weight excluding hydrogens is 665 g/mol. The van der Waals surface area contributed by atoms with Crippen molar-refractivity contribution in [3.8, 4) is 33.4 Å². The molecule has 252 valence electrons. The van der Waals surface area contributed by atoms with Crippen molar-refractivity contribution in [2.24, 2.45) is 0 Å². The molecule has 0 aliphatic carbocycles. The Hall–Kier alpha value is -7.22. The lowest BCUT2D eigenvalue weighted by Gasteiger charge is -2.16. The summed E-state index contributed by atoms with van der Waals surface area (Å²) in [6.07, 6.45) is 0. The molecule has 1 heterocycles. The number of rotatable bonds is 3. The lowest BCUT2D eigenvalue weighted by Crippen LogP contribution is -1.89. The van der Waals surface area contributed by atoms with Crippen LogP contribution in [-0.2, 0) is 0 Å². The van der Waals surface area contributed by atoms with Crippen LogP contribution in [0.3, 0.4) is 0 Å². The zero-order chi connectivity index (χ0) is 35.8. The van der Waals surface area contributed by atoms with Crippen LogP contribution in [0, 0.1) is 0 Å². The van der Waals surface area contributed by atoms with E-state index in [4.69, 9.17) is 4.42 Å². The van der Waals surface area contributed by atoms with E-state index in [1.165, 1.54) is 97.8 Å². The van der Waals surface area contributed by atoms with Gasteiger partial charge in [-0.25, -0.2) is 0 Å². The van der Waals surface area contributed by atoms with Gasteiger partial charge >= 0.3 is 0 Å². The summed E-state index contributed by atoms with van der Waals surface area (Å²) in [5, 5.41) is 20.1. The third-order valence-electron chi connectivity index (χ3n) is 12.3. The fourth-order valence-corrected chi connectivity index (χ4v) is 9.77. The highest BCUT2D eigenvalue weighted by Gasteiger charge is 2.20. The topological polar surface area (TPSA) is 13.1 Å². The number of benzene rings is 12. The summed E-state index contributed by atoms with van der Waals surface area (Å²) in [7, 11) is 0. The van der Waals surface area contributed by atoms with E-state index in [1.807, 2.05) is 0 Å². The maximum atomic E-state index is 7.00. The Morgan fingerprint density at radius 2 is 0.727 bits per heavy atom. The molecule has 0 unspecified atom stereocenters. The Labute approximate surface area is 315 Å². The lowest BCUT2D eigenvalue weighted by atomic mass is 9.88. The van der Waals surface area contributed by atoms with Gasteiger partial charge in [0.25, 0.3) is 0 Å². The maximum absolute atomic E-state index is 7.00. The molecule has 0 N–H and O–H groups in total. The molecule has 1 heteroatoms. The average molecular weight is 695 g/mol. The summed E-state index contributed by atoms with van der Waals surface area (Å²) in [4.78, 5) is 0. The number of hydrogen-bond acceptors (Lipinski definition) is 1. The fraction of sp³-hybridized carbons (Fsp3) is 0. The molecule has 13 aromatic rings. The molecular formula is C54H30O. The third-order valence-corrected chi connectivity index (χ3v) is 12.3. The van der Waals surface area contributed by atoms with Crippen LogP contribution in [0.2, 0.25) is 0 Å². The van der Waals surface area contributed by atoms with Gasteiger partial charge in [0, 0.05) is 21.7 Å². The normalized spacial score (nSPS) is 12.4. The summed E-state index contributed by atoms with van der Waals surface area (Å²) in [5.74, 6) is 0. The minimum atomic E-state index is 0.926. The predicted molar refractivity (Wildman–Crippen MR) is 235 cm³/mol. The van der Waals surface area contributed by atoms with Crippen LogP contribution in [0.15, 0.2) is 186 Å². The summed E-state index contributed by atoms with van der Waals surface area (Å²) >= 11 is 0. The van der Waals surface area contributed by atoms with Crippen LogP contribution in [0.25, 0.3) is 131 Å². The molecule has 0 radical (unpaired) electrons. The molecule has 1 nitrogen and oxygen atoms in total. The molecule has 0 aliphatic rings. The monoisotopic (exact) mass is 694 g/mol. The zero-order valence-electron chi connectivity index (χ0n) is 29.7. The molecule has 13 rings (SSSR count). The van der Waals surface area contributed by atoms with Crippen molar-refractivity contribution in [1.82, 2.24) is 0 Å². The van der Waals surface area contributed by atoms with Gasteiger partial charge in [-0.15, -0.1) is 0 Å². The van der Waals surface area contributed by atoms with Gasteiger partial charge in [-0.2, -0.15) is 0 Å². The van der Waals surface area contributed by atoms with Gasteiger partial charge in [0.2, 0.25) is 0 Å². The van der Waals surface area contributed by atoms with E-state index in [1.54, 1.807) is 0 Å². The molecule has 0 spiro atoms. The van der Waals surface area contributed by atoms with Crippen LogP contribution >= 0.6 is 0 Å². The number of furan rings is 1. The van der Waals surface area contributed by atoms with Crippen molar-refractivity contribution in [2.75, 3.05) is 0 Å². The lowest BCUT2D eigenvalue weighted by molar-refractivity contribution is 0.674.